The van der Waals surface area contributed by atoms with Crippen LogP contribution in [0.4, 0.5) is 8.78 Å². The van der Waals surface area contributed by atoms with E-state index in [4.69, 9.17) is 14.1 Å². The lowest BCUT2D eigenvalue weighted by Gasteiger charge is -2.43. The Bertz CT molecular complexity index is 975. The maximum Gasteiger partial charge on any atom is 0.193 e. The van der Waals surface area contributed by atoms with Crippen LogP contribution in [0.15, 0.2) is 30.3 Å². The first-order chi connectivity index (χ1) is 15.2. The Morgan fingerprint density at radius 2 is 1.70 bits per heavy atom. The molecule has 0 radical (unpaired) electrons. The predicted octanol–water partition coefficient (Wildman–Crippen LogP) is 8.09. The predicted molar refractivity (Wildman–Crippen MR) is 133 cm³/mol. The van der Waals surface area contributed by atoms with Crippen LogP contribution in [0.1, 0.15) is 78.5 Å². The van der Waals surface area contributed by atoms with Crippen LogP contribution in [0.2, 0.25) is 18.1 Å². The van der Waals surface area contributed by atoms with Crippen molar-refractivity contribution in [2.24, 2.45) is 0 Å². The fraction of sp³-hybridized carbons (Fsp3) is 0.593. The molecule has 0 aliphatic carbocycles. The zero-order valence-electron chi connectivity index (χ0n) is 21.4. The van der Waals surface area contributed by atoms with Crippen molar-refractivity contribution in [3.8, 4) is 11.3 Å². The van der Waals surface area contributed by atoms with Crippen molar-refractivity contribution < 1.29 is 17.9 Å². The molecule has 1 aromatic carbocycles. The number of hydrogen-bond acceptors (Lipinski definition) is 3. The summed E-state index contributed by atoms with van der Waals surface area (Å²) in [6, 6.07) is 7.69. The number of aromatic nitrogens is 1. The Balaban J connectivity index is 2.22. The van der Waals surface area contributed by atoms with Gasteiger partial charge < -0.3 is 9.16 Å². The third kappa shape index (κ3) is 5.23. The van der Waals surface area contributed by atoms with Crippen LogP contribution in [0.5, 0.6) is 0 Å². The maximum absolute atomic E-state index is 16.1. The Labute approximate surface area is 199 Å². The largest absolute Gasteiger partial charge is 0.408 e. The summed E-state index contributed by atoms with van der Waals surface area (Å²) in [5.74, 6) is -0.783. The number of ether oxygens (including phenoxy) is 1. The van der Waals surface area contributed by atoms with Crippen LogP contribution in [-0.4, -0.2) is 19.9 Å². The second-order valence-corrected chi connectivity index (χ2v) is 16.0. The minimum Gasteiger partial charge on any atom is -0.408 e. The molecule has 0 saturated carbocycles. The van der Waals surface area contributed by atoms with E-state index in [1.165, 1.54) is 12.1 Å². The highest BCUT2D eigenvalue weighted by atomic mass is 28.4. The number of rotatable bonds is 6. The van der Waals surface area contributed by atoms with Gasteiger partial charge in [0.05, 0.1) is 11.3 Å². The normalized spacial score (nSPS) is 20.2. The Morgan fingerprint density at radius 3 is 2.21 bits per heavy atom. The lowest BCUT2D eigenvalue weighted by molar-refractivity contribution is -0.0894. The maximum atomic E-state index is 16.1. The molecule has 1 aromatic heterocycles. The molecule has 2 heterocycles. The molecule has 3 nitrogen and oxygen atoms in total. The molecule has 1 unspecified atom stereocenters. The molecule has 2 aromatic rings. The number of nitrogens with zero attached hydrogens (tertiary/aromatic N) is 1. The zero-order valence-corrected chi connectivity index (χ0v) is 22.4. The summed E-state index contributed by atoms with van der Waals surface area (Å²) in [5.41, 5.74) is 0.538. The average molecular weight is 476 g/mol. The van der Waals surface area contributed by atoms with Crippen molar-refractivity contribution in [2.45, 2.75) is 96.6 Å². The van der Waals surface area contributed by atoms with Crippen LogP contribution in [-0.2, 0) is 20.4 Å². The summed E-state index contributed by atoms with van der Waals surface area (Å²) < 4.78 is 42.8. The fourth-order valence-corrected chi connectivity index (χ4v) is 6.05. The van der Waals surface area contributed by atoms with E-state index in [1.54, 1.807) is 12.1 Å². The van der Waals surface area contributed by atoms with Gasteiger partial charge in [-0.2, -0.15) is 0 Å². The summed E-state index contributed by atoms with van der Waals surface area (Å²) >= 11 is 0. The second-order valence-electron chi connectivity index (χ2n) is 11.3. The van der Waals surface area contributed by atoms with Crippen LogP contribution in [0.25, 0.3) is 11.3 Å². The Kier molecular flexibility index (Phi) is 7.24. The molecule has 1 fully saturated rings. The van der Waals surface area contributed by atoms with Gasteiger partial charge in [-0.3, -0.25) is 0 Å². The molecule has 0 amide bonds. The van der Waals surface area contributed by atoms with Crippen LogP contribution >= 0.6 is 0 Å². The summed E-state index contributed by atoms with van der Waals surface area (Å²) in [6.07, 6.45) is 3.64. The van der Waals surface area contributed by atoms with Gasteiger partial charge >= 0.3 is 0 Å². The molecule has 3 rings (SSSR count). The quantitative estimate of drug-likeness (QED) is 0.396. The zero-order chi connectivity index (χ0) is 24.7. The summed E-state index contributed by atoms with van der Waals surface area (Å²) in [4.78, 5) is 4.79. The molecule has 1 atom stereocenters. The van der Waals surface area contributed by atoms with Crippen LogP contribution in [0, 0.1) is 11.6 Å². The highest BCUT2D eigenvalue weighted by Crippen LogP contribution is 2.45. The van der Waals surface area contributed by atoms with Gasteiger partial charge in [-0.05, 0) is 88.0 Å². The molecular weight excluding hydrogens is 436 g/mol. The van der Waals surface area contributed by atoms with Gasteiger partial charge in [-0.1, -0.05) is 27.7 Å². The Morgan fingerprint density at radius 1 is 1.06 bits per heavy atom. The number of hydrogen-bond donors (Lipinski definition) is 0. The highest BCUT2D eigenvalue weighted by Gasteiger charge is 2.44. The van der Waals surface area contributed by atoms with Gasteiger partial charge in [0, 0.05) is 17.7 Å². The molecular formula is C27H39F2NO2Si. The summed E-state index contributed by atoms with van der Waals surface area (Å²) in [6.45, 7) is 17.5. The SMILES string of the molecule is CCC1(c2cc(C(C)(C)O[Si](C)(C)C(C)(C)C)c(F)c(-c3ccc(F)cc3)n2)CCCCO1. The second kappa shape index (κ2) is 9.20. The van der Waals surface area contributed by atoms with Crippen LogP contribution in [0.3, 0.4) is 0 Å². The van der Waals surface area contributed by atoms with Crippen molar-refractivity contribution in [2.75, 3.05) is 6.61 Å². The fourth-order valence-electron chi connectivity index (χ4n) is 4.36. The van der Waals surface area contributed by atoms with E-state index in [0.29, 0.717) is 17.7 Å². The molecule has 1 aliphatic heterocycles. The van der Waals surface area contributed by atoms with Gasteiger partial charge in [0.1, 0.15) is 17.1 Å². The molecule has 1 aliphatic rings. The minimum atomic E-state index is -2.20. The van der Waals surface area contributed by atoms with E-state index in [1.807, 2.05) is 19.9 Å². The van der Waals surface area contributed by atoms with E-state index in [-0.39, 0.29) is 16.5 Å². The van der Waals surface area contributed by atoms with Gasteiger partial charge in [0.15, 0.2) is 14.1 Å². The minimum absolute atomic E-state index is 0.0203. The number of benzene rings is 1. The Hall–Kier alpha value is -1.63. The van der Waals surface area contributed by atoms with E-state index in [2.05, 4.69) is 40.8 Å². The summed E-state index contributed by atoms with van der Waals surface area (Å²) in [5, 5.41) is -0.0203. The average Bonchev–Trinajstić information content (AvgIpc) is 2.73. The summed E-state index contributed by atoms with van der Waals surface area (Å²) in [7, 11) is -2.20. The lowest BCUT2D eigenvalue weighted by atomic mass is 9.84. The molecule has 33 heavy (non-hydrogen) atoms. The molecule has 0 spiro atoms. The van der Waals surface area contributed by atoms with Gasteiger partial charge in [-0.25, -0.2) is 13.8 Å². The van der Waals surface area contributed by atoms with E-state index < -0.39 is 25.3 Å². The third-order valence-corrected chi connectivity index (χ3v) is 12.1. The lowest BCUT2D eigenvalue weighted by Crippen LogP contribution is -2.46. The first-order valence-corrected chi connectivity index (χ1v) is 14.9. The molecule has 182 valence electrons. The third-order valence-electron chi connectivity index (χ3n) is 7.43. The standard InChI is InChI=1S/C27H39F2NO2Si/c1-9-27(16-10-11-17-31-27)22-18-21(26(5,6)32-33(7,8)25(2,3)4)23(29)24(30-22)19-12-14-20(28)15-13-19/h12-15,18H,9-11,16-17H2,1-8H3. The highest BCUT2D eigenvalue weighted by molar-refractivity contribution is 6.74. The number of pyridine rings is 1. The van der Waals surface area contributed by atoms with Gasteiger partial charge in [0.25, 0.3) is 0 Å². The van der Waals surface area contributed by atoms with Crippen molar-refractivity contribution in [1.29, 1.82) is 0 Å². The molecule has 6 heteroatoms. The van der Waals surface area contributed by atoms with E-state index >= 15 is 4.39 Å². The first kappa shape index (κ1) is 26.0. The van der Waals surface area contributed by atoms with Gasteiger partial charge in [0.2, 0.25) is 0 Å². The van der Waals surface area contributed by atoms with E-state index in [9.17, 15) is 4.39 Å². The van der Waals surface area contributed by atoms with Crippen molar-refractivity contribution in [1.82, 2.24) is 4.98 Å². The smallest absolute Gasteiger partial charge is 0.193 e. The topological polar surface area (TPSA) is 31.4 Å². The van der Waals surface area contributed by atoms with E-state index in [0.717, 1.165) is 31.4 Å². The molecule has 1 saturated heterocycles. The van der Waals surface area contributed by atoms with Crippen molar-refractivity contribution in [3.05, 3.63) is 53.2 Å². The van der Waals surface area contributed by atoms with Crippen molar-refractivity contribution >= 4 is 8.32 Å². The number of halogens is 2. The van der Waals surface area contributed by atoms with Gasteiger partial charge in [-0.15, -0.1) is 0 Å². The first-order valence-electron chi connectivity index (χ1n) is 12.0. The van der Waals surface area contributed by atoms with Crippen molar-refractivity contribution in [3.63, 3.8) is 0 Å². The monoisotopic (exact) mass is 475 g/mol. The molecule has 0 bridgehead atoms. The molecule has 0 N–H and O–H groups in total. The van der Waals surface area contributed by atoms with Crippen LogP contribution < -0.4 is 0 Å².